The SMILES string of the molecule is CCOc1cc(C=C(C#N)c2nc3cc(C)c(C)cc3[nH]2)cc(Br)c1OCC. The number of benzene rings is 2. The van der Waals surface area contributed by atoms with E-state index in [-0.39, 0.29) is 0 Å². The Kier molecular flexibility index (Phi) is 6.05. The molecule has 0 unspecified atom stereocenters. The molecule has 28 heavy (non-hydrogen) atoms. The maximum absolute atomic E-state index is 9.71. The molecule has 0 saturated heterocycles. The standard InChI is InChI=1S/C22H22BrN3O2/c1-5-27-20-11-15(10-17(23)21(20)28-6-2)9-16(12-24)22-25-18-7-13(3)14(4)8-19(18)26-22/h7-11H,5-6H2,1-4H3,(H,25,26). The largest absolute Gasteiger partial charge is 0.490 e. The predicted octanol–water partition coefficient (Wildman–Crippen LogP) is 5.80. The molecule has 1 N–H and O–H groups in total. The fourth-order valence-corrected chi connectivity index (χ4v) is 3.51. The van der Waals surface area contributed by atoms with Crippen molar-refractivity contribution in [1.82, 2.24) is 9.97 Å². The number of hydrogen-bond donors (Lipinski definition) is 1. The van der Waals surface area contributed by atoms with E-state index in [0.29, 0.717) is 36.1 Å². The minimum Gasteiger partial charge on any atom is -0.490 e. The molecular weight excluding hydrogens is 418 g/mol. The monoisotopic (exact) mass is 439 g/mol. The topological polar surface area (TPSA) is 70.9 Å². The van der Waals surface area contributed by atoms with Crippen LogP contribution in [0.1, 0.15) is 36.4 Å². The number of halogens is 1. The van der Waals surface area contributed by atoms with Gasteiger partial charge in [-0.25, -0.2) is 4.98 Å². The molecule has 0 atom stereocenters. The number of aryl methyl sites for hydroxylation is 2. The Morgan fingerprint density at radius 3 is 2.54 bits per heavy atom. The maximum atomic E-state index is 9.71. The highest BCUT2D eigenvalue weighted by Crippen LogP contribution is 2.38. The smallest absolute Gasteiger partial charge is 0.175 e. The molecule has 0 amide bonds. The van der Waals surface area contributed by atoms with E-state index in [1.54, 1.807) is 6.08 Å². The number of nitriles is 1. The van der Waals surface area contributed by atoms with Crippen molar-refractivity contribution in [3.8, 4) is 17.6 Å². The second-order valence-electron chi connectivity index (χ2n) is 6.40. The number of imidazole rings is 1. The molecule has 1 aromatic heterocycles. The van der Waals surface area contributed by atoms with Gasteiger partial charge >= 0.3 is 0 Å². The number of H-pyrrole nitrogens is 1. The van der Waals surface area contributed by atoms with Crippen LogP contribution in [0.2, 0.25) is 0 Å². The van der Waals surface area contributed by atoms with Gasteiger partial charge < -0.3 is 14.5 Å². The zero-order valence-corrected chi connectivity index (χ0v) is 18.0. The highest BCUT2D eigenvalue weighted by atomic mass is 79.9. The van der Waals surface area contributed by atoms with Crippen LogP contribution >= 0.6 is 15.9 Å². The number of hydrogen-bond acceptors (Lipinski definition) is 4. The fraction of sp³-hybridized carbons (Fsp3) is 0.273. The molecule has 0 bridgehead atoms. The van der Waals surface area contributed by atoms with Gasteiger partial charge in [0.2, 0.25) is 0 Å². The Balaban J connectivity index is 2.06. The van der Waals surface area contributed by atoms with Crippen molar-refractivity contribution in [2.75, 3.05) is 13.2 Å². The van der Waals surface area contributed by atoms with Crippen LogP contribution < -0.4 is 9.47 Å². The minimum absolute atomic E-state index is 0.449. The normalized spacial score (nSPS) is 11.5. The van der Waals surface area contributed by atoms with Crippen LogP contribution in [0.3, 0.4) is 0 Å². The average Bonchev–Trinajstić information content (AvgIpc) is 3.05. The van der Waals surface area contributed by atoms with Gasteiger partial charge in [0.15, 0.2) is 11.5 Å². The number of aromatic nitrogens is 2. The lowest BCUT2D eigenvalue weighted by Gasteiger charge is -2.13. The molecule has 144 valence electrons. The van der Waals surface area contributed by atoms with Crippen LogP contribution in [-0.4, -0.2) is 23.2 Å². The van der Waals surface area contributed by atoms with E-state index in [9.17, 15) is 5.26 Å². The molecule has 2 aromatic carbocycles. The zero-order valence-electron chi connectivity index (χ0n) is 16.4. The van der Waals surface area contributed by atoms with Crippen molar-refractivity contribution >= 4 is 38.6 Å². The van der Waals surface area contributed by atoms with E-state index in [1.807, 2.05) is 32.0 Å². The Hall–Kier alpha value is -2.78. The second-order valence-corrected chi connectivity index (χ2v) is 7.26. The van der Waals surface area contributed by atoms with Gasteiger partial charge in [0.25, 0.3) is 0 Å². The van der Waals surface area contributed by atoms with Crippen molar-refractivity contribution in [2.24, 2.45) is 0 Å². The summed E-state index contributed by atoms with van der Waals surface area (Å²) >= 11 is 3.54. The third-order valence-corrected chi connectivity index (χ3v) is 4.99. The maximum Gasteiger partial charge on any atom is 0.175 e. The molecule has 3 aromatic rings. The van der Waals surface area contributed by atoms with Crippen LogP contribution in [0, 0.1) is 25.2 Å². The first-order valence-electron chi connectivity index (χ1n) is 9.15. The van der Waals surface area contributed by atoms with Gasteiger partial charge in [-0.3, -0.25) is 0 Å². The lowest BCUT2D eigenvalue weighted by atomic mass is 10.1. The molecule has 0 radical (unpaired) electrons. The summed E-state index contributed by atoms with van der Waals surface area (Å²) in [6.45, 7) is 9.02. The molecule has 0 aliphatic rings. The number of rotatable bonds is 6. The summed E-state index contributed by atoms with van der Waals surface area (Å²) in [5.41, 5.74) is 5.39. The number of aromatic amines is 1. The third kappa shape index (κ3) is 4.05. The summed E-state index contributed by atoms with van der Waals surface area (Å²) in [5, 5.41) is 9.71. The van der Waals surface area contributed by atoms with Crippen LogP contribution in [0.4, 0.5) is 0 Å². The lowest BCUT2D eigenvalue weighted by molar-refractivity contribution is 0.286. The Labute approximate surface area is 173 Å². The summed E-state index contributed by atoms with van der Waals surface area (Å²) in [7, 11) is 0. The van der Waals surface area contributed by atoms with Gasteiger partial charge in [-0.2, -0.15) is 5.26 Å². The molecule has 3 rings (SSSR count). The first-order valence-corrected chi connectivity index (χ1v) is 9.94. The van der Waals surface area contributed by atoms with Gasteiger partial charge in [0.05, 0.1) is 34.3 Å². The van der Waals surface area contributed by atoms with Crippen molar-refractivity contribution in [1.29, 1.82) is 5.26 Å². The van der Waals surface area contributed by atoms with Crippen molar-refractivity contribution in [3.05, 3.63) is 51.3 Å². The highest BCUT2D eigenvalue weighted by molar-refractivity contribution is 9.10. The Bertz CT molecular complexity index is 1050. The first kappa shape index (κ1) is 20.0. The summed E-state index contributed by atoms with van der Waals surface area (Å²) in [4.78, 5) is 7.85. The summed E-state index contributed by atoms with van der Waals surface area (Å²) in [6, 6.07) is 10.1. The molecule has 0 spiro atoms. The highest BCUT2D eigenvalue weighted by Gasteiger charge is 2.13. The molecular formula is C22H22BrN3O2. The van der Waals surface area contributed by atoms with Gasteiger partial charge in [-0.1, -0.05) is 0 Å². The van der Waals surface area contributed by atoms with Crippen molar-refractivity contribution < 1.29 is 9.47 Å². The molecule has 5 nitrogen and oxygen atoms in total. The number of allylic oxidation sites excluding steroid dienone is 1. The molecule has 0 fully saturated rings. The number of ether oxygens (including phenoxy) is 2. The Morgan fingerprint density at radius 1 is 1.14 bits per heavy atom. The minimum atomic E-state index is 0.449. The van der Waals surface area contributed by atoms with E-state index in [2.05, 4.69) is 51.9 Å². The zero-order chi connectivity index (χ0) is 20.3. The number of nitrogens with zero attached hydrogens (tertiary/aromatic N) is 2. The first-order chi connectivity index (χ1) is 13.5. The number of nitrogens with one attached hydrogen (secondary N) is 1. The van der Waals surface area contributed by atoms with E-state index in [1.165, 1.54) is 11.1 Å². The van der Waals surface area contributed by atoms with E-state index < -0.39 is 0 Å². The molecule has 0 aliphatic heterocycles. The Morgan fingerprint density at radius 2 is 1.86 bits per heavy atom. The van der Waals surface area contributed by atoms with Crippen LogP contribution in [0.15, 0.2) is 28.7 Å². The predicted molar refractivity (Wildman–Crippen MR) is 116 cm³/mol. The lowest BCUT2D eigenvalue weighted by Crippen LogP contribution is -1.99. The second kappa shape index (κ2) is 8.49. The van der Waals surface area contributed by atoms with Crippen LogP contribution in [0.25, 0.3) is 22.7 Å². The number of fused-ring (bicyclic) bond motifs is 1. The molecule has 1 heterocycles. The quantitative estimate of drug-likeness (QED) is 0.492. The van der Waals surface area contributed by atoms with Crippen LogP contribution in [-0.2, 0) is 0 Å². The van der Waals surface area contributed by atoms with Crippen molar-refractivity contribution in [3.63, 3.8) is 0 Å². The average molecular weight is 440 g/mol. The van der Waals surface area contributed by atoms with E-state index >= 15 is 0 Å². The van der Waals surface area contributed by atoms with Gasteiger partial charge in [0, 0.05) is 0 Å². The van der Waals surface area contributed by atoms with Gasteiger partial charge in [0.1, 0.15) is 11.9 Å². The van der Waals surface area contributed by atoms with Gasteiger partial charge in [-0.15, -0.1) is 0 Å². The summed E-state index contributed by atoms with van der Waals surface area (Å²) < 4.78 is 12.2. The fourth-order valence-electron chi connectivity index (χ4n) is 2.94. The third-order valence-electron chi connectivity index (χ3n) is 4.40. The molecule has 6 heteroatoms. The summed E-state index contributed by atoms with van der Waals surface area (Å²) in [6.07, 6.45) is 1.79. The molecule has 0 saturated carbocycles. The van der Waals surface area contributed by atoms with E-state index in [0.717, 1.165) is 21.1 Å². The summed E-state index contributed by atoms with van der Waals surface area (Å²) in [5.74, 6) is 1.85. The molecule has 0 aliphatic carbocycles. The van der Waals surface area contributed by atoms with Gasteiger partial charge in [-0.05, 0) is 90.7 Å². The van der Waals surface area contributed by atoms with E-state index in [4.69, 9.17) is 9.47 Å². The van der Waals surface area contributed by atoms with Crippen LogP contribution in [0.5, 0.6) is 11.5 Å². The van der Waals surface area contributed by atoms with Crippen molar-refractivity contribution in [2.45, 2.75) is 27.7 Å².